The van der Waals surface area contributed by atoms with Crippen molar-refractivity contribution in [3.05, 3.63) is 65.2 Å². The molecule has 1 aliphatic heterocycles. The molecule has 1 aliphatic rings. The van der Waals surface area contributed by atoms with Crippen LogP contribution in [0.5, 0.6) is 5.75 Å². The second-order valence-electron chi connectivity index (χ2n) is 7.43. The van der Waals surface area contributed by atoms with Gasteiger partial charge in [-0.2, -0.15) is 0 Å². The maximum absolute atomic E-state index is 6.20. The number of rotatable bonds is 9. The number of hydrogen-bond donors (Lipinski definition) is 2. The number of nitrogens with one attached hydrogen (secondary N) is 2. The molecule has 2 N–H and O–H groups in total. The first kappa shape index (κ1) is 25.4. The van der Waals surface area contributed by atoms with Crippen molar-refractivity contribution in [1.29, 1.82) is 0 Å². The maximum Gasteiger partial charge on any atom is 0.191 e. The number of guanidine groups is 1. The Morgan fingerprint density at radius 2 is 2.00 bits per heavy atom. The third kappa shape index (κ3) is 7.97. The van der Waals surface area contributed by atoms with E-state index in [1.54, 1.807) is 7.11 Å². The first-order chi connectivity index (χ1) is 14.7. The van der Waals surface area contributed by atoms with Gasteiger partial charge in [-0.15, -0.1) is 24.0 Å². The summed E-state index contributed by atoms with van der Waals surface area (Å²) in [6.45, 7) is 7.49. The van der Waals surface area contributed by atoms with Crippen molar-refractivity contribution in [2.24, 2.45) is 4.99 Å². The van der Waals surface area contributed by atoms with Crippen LogP contribution in [0.15, 0.2) is 53.5 Å². The molecule has 2 unspecified atom stereocenters. The van der Waals surface area contributed by atoms with Gasteiger partial charge in [0.25, 0.3) is 0 Å². The summed E-state index contributed by atoms with van der Waals surface area (Å²) in [5.74, 6) is 1.65. The zero-order valence-corrected chi connectivity index (χ0v) is 20.9. The Balaban J connectivity index is 0.00000341. The molecule has 0 amide bonds. The number of hydrogen-bond acceptors (Lipinski definition) is 4. The highest BCUT2D eigenvalue weighted by Crippen LogP contribution is 2.24. The van der Waals surface area contributed by atoms with Gasteiger partial charge in [0.2, 0.25) is 0 Å². The molecule has 2 atom stereocenters. The summed E-state index contributed by atoms with van der Waals surface area (Å²) in [4.78, 5) is 4.78. The summed E-state index contributed by atoms with van der Waals surface area (Å²) in [5, 5.41) is 6.71. The predicted molar refractivity (Wildman–Crippen MR) is 135 cm³/mol. The van der Waals surface area contributed by atoms with Crippen molar-refractivity contribution in [1.82, 2.24) is 10.6 Å². The zero-order valence-electron chi connectivity index (χ0n) is 18.6. The summed E-state index contributed by atoms with van der Waals surface area (Å²) < 4.78 is 17.3. The smallest absolute Gasteiger partial charge is 0.191 e. The zero-order chi connectivity index (χ0) is 21.2. The number of halogens is 1. The molecule has 0 aromatic heterocycles. The fraction of sp³-hybridized carbons (Fsp3) is 0.458. The molecule has 2 aromatic rings. The second kappa shape index (κ2) is 13.5. The molecule has 3 rings (SSSR count). The van der Waals surface area contributed by atoms with Crippen LogP contribution in [-0.4, -0.2) is 45.5 Å². The van der Waals surface area contributed by atoms with Gasteiger partial charge < -0.3 is 24.8 Å². The fourth-order valence-electron chi connectivity index (χ4n) is 3.39. The largest absolute Gasteiger partial charge is 0.488 e. The molecular weight excluding hydrogens is 505 g/mol. The summed E-state index contributed by atoms with van der Waals surface area (Å²) in [6, 6.07) is 16.5. The van der Waals surface area contributed by atoms with E-state index in [1.165, 1.54) is 5.56 Å². The lowest BCUT2D eigenvalue weighted by atomic mass is 10.1. The molecule has 0 saturated carbocycles. The van der Waals surface area contributed by atoms with Crippen LogP contribution in [0, 0.1) is 6.92 Å². The van der Waals surface area contributed by atoms with Crippen molar-refractivity contribution < 1.29 is 14.2 Å². The number of nitrogens with zero attached hydrogens (tertiary/aromatic N) is 1. The molecule has 1 saturated heterocycles. The molecule has 0 aliphatic carbocycles. The van der Waals surface area contributed by atoms with Gasteiger partial charge in [0.15, 0.2) is 5.96 Å². The molecule has 0 spiro atoms. The van der Waals surface area contributed by atoms with Gasteiger partial charge in [-0.1, -0.05) is 42.5 Å². The molecule has 6 nitrogen and oxygen atoms in total. The van der Waals surface area contributed by atoms with Crippen LogP contribution >= 0.6 is 24.0 Å². The van der Waals surface area contributed by atoms with Gasteiger partial charge in [0.1, 0.15) is 11.9 Å². The normalized spacial score (nSPS) is 17.0. The van der Waals surface area contributed by atoms with Crippen LogP contribution in [0.2, 0.25) is 0 Å². The highest BCUT2D eigenvalue weighted by Gasteiger charge is 2.19. The molecule has 31 heavy (non-hydrogen) atoms. The number of aryl methyl sites for hydroxylation is 1. The van der Waals surface area contributed by atoms with Gasteiger partial charge in [-0.3, -0.25) is 0 Å². The van der Waals surface area contributed by atoms with Crippen LogP contribution in [0.4, 0.5) is 0 Å². The van der Waals surface area contributed by atoms with E-state index < -0.39 is 0 Å². The lowest BCUT2D eigenvalue weighted by Crippen LogP contribution is -2.39. The first-order valence-electron chi connectivity index (χ1n) is 10.6. The Kier molecular flexibility index (Phi) is 11.1. The van der Waals surface area contributed by atoms with Crippen LogP contribution in [0.25, 0.3) is 0 Å². The van der Waals surface area contributed by atoms with E-state index in [2.05, 4.69) is 54.8 Å². The van der Waals surface area contributed by atoms with E-state index in [9.17, 15) is 0 Å². The van der Waals surface area contributed by atoms with E-state index in [0.29, 0.717) is 19.7 Å². The van der Waals surface area contributed by atoms with Crippen molar-refractivity contribution in [3.8, 4) is 5.75 Å². The maximum atomic E-state index is 6.20. The summed E-state index contributed by atoms with van der Waals surface area (Å²) in [7, 11) is 1.73. The van der Waals surface area contributed by atoms with E-state index in [-0.39, 0.29) is 36.2 Å². The van der Waals surface area contributed by atoms with Crippen LogP contribution < -0.4 is 15.4 Å². The fourth-order valence-corrected chi connectivity index (χ4v) is 3.39. The Bertz CT molecular complexity index is 811. The van der Waals surface area contributed by atoms with Gasteiger partial charge >= 0.3 is 0 Å². The average molecular weight is 539 g/mol. The lowest BCUT2D eigenvalue weighted by molar-refractivity contribution is 0.106. The summed E-state index contributed by atoms with van der Waals surface area (Å²) in [5.41, 5.74) is 3.37. The SMILES string of the molecule is CCNC(=NCc1ccc(C)cc1OC1CCOC1)NCC(OC)c1ccccc1.I. The molecule has 170 valence electrons. The standard InChI is InChI=1S/C24H33N3O3.HI/c1-4-25-24(27-16-23(28-3)19-8-6-5-7-9-19)26-15-20-11-10-18(2)14-22(20)30-21-12-13-29-17-21;/h5-11,14,21,23H,4,12-13,15-17H2,1-3H3,(H2,25,26,27);1H. The third-order valence-electron chi connectivity index (χ3n) is 5.07. The van der Waals surface area contributed by atoms with Gasteiger partial charge in [0, 0.05) is 32.2 Å². The third-order valence-corrected chi connectivity index (χ3v) is 5.07. The number of benzene rings is 2. The minimum atomic E-state index is -0.0457. The Morgan fingerprint density at radius 3 is 2.68 bits per heavy atom. The number of aliphatic imine (C=N–C) groups is 1. The van der Waals surface area contributed by atoms with Crippen molar-refractivity contribution in [3.63, 3.8) is 0 Å². The minimum absolute atomic E-state index is 0. The van der Waals surface area contributed by atoms with Gasteiger partial charge in [-0.05, 0) is 31.0 Å². The highest BCUT2D eigenvalue weighted by atomic mass is 127. The monoisotopic (exact) mass is 539 g/mol. The molecule has 0 bridgehead atoms. The first-order valence-corrected chi connectivity index (χ1v) is 10.6. The van der Waals surface area contributed by atoms with Gasteiger partial charge in [0.05, 0.1) is 25.9 Å². The number of ether oxygens (including phenoxy) is 3. The Morgan fingerprint density at radius 1 is 1.19 bits per heavy atom. The second-order valence-corrected chi connectivity index (χ2v) is 7.43. The van der Waals surface area contributed by atoms with Crippen LogP contribution in [0.3, 0.4) is 0 Å². The Labute approximate surface area is 202 Å². The molecule has 1 fully saturated rings. The Hall–Kier alpha value is -1.84. The minimum Gasteiger partial charge on any atom is -0.488 e. The molecule has 7 heteroatoms. The van der Waals surface area contributed by atoms with Crippen molar-refractivity contribution in [2.45, 2.75) is 39.0 Å². The van der Waals surface area contributed by atoms with Crippen LogP contribution in [-0.2, 0) is 16.0 Å². The van der Waals surface area contributed by atoms with Crippen molar-refractivity contribution >= 4 is 29.9 Å². The van der Waals surface area contributed by atoms with E-state index in [1.807, 2.05) is 18.2 Å². The molecule has 0 radical (unpaired) electrons. The highest BCUT2D eigenvalue weighted by molar-refractivity contribution is 14.0. The van der Waals surface area contributed by atoms with Crippen molar-refractivity contribution in [2.75, 3.05) is 33.4 Å². The molecule has 1 heterocycles. The van der Waals surface area contributed by atoms with E-state index in [0.717, 1.165) is 42.4 Å². The number of methoxy groups -OCH3 is 1. The molecular formula is C24H34IN3O3. The quantitative estimate of drug-likeness (QED) is 0.284. The van der Waals surface area contributed by atoms with Crippen LogP contribution in [0.1, 0.15) is 36.1 Å². The van der Waals surface area contributed by atoms with Gasteiger partial charge in [-0.25, -0.2) is 4.99 Å². The topological polar surface area (TPSA) is 64.1 Å². The molecule has 2 aromatic carbocycles. The van der Waals surface area contributed by atoms with E-state index in [4.69, 9.17) is 19.2 Å². The lowest BCUT2D eigenvalue weighted by Gasteiger charge is -2.19. The average Bonchev–Trinajstić information content (AvgIpc) is 3.27. The summed E-state index contributed by atoms with van der Waals surface area (Å²) in [6.07, 6.45) is 1.00. The predicted octanol–water partition coefficient (Wildman–Crippen LogP) is 4.22. The summed E-state index contributed by atoms with van der Waals surface area (Å²) >= 11 is 0. The van der Waals surface area contributed by atoms with E-state index >= 15 is 0 Å².